The van der Waals surface area contributed by atoms with Crippen molar-refractivity contribution < 1.29 is 43.2 Å². The molecule has 0 aromatic heterocycles. The minimum Gasteiger partial charge on any atom is -0.303 e. The number of hydrogen-bond donors (Lipinski definition) is 0. The Morgan fingerprint density at radius 3 is 1.34 bits per heavy atom. The normalized spacial score (nSPS) is 43.8. The number of carbonyl (C=O) groups excluding carboxylic acids is 9. The van der Waals surface area contributed by atoms with E-state index in [4.69, 9.17) is 36.3 Å². The van der Waals surface area contributed by atoms with E-state index in [1.807, 2.05) is 12.2 Å². The summed E-state index contributed by atoms with van der Waals surface area (Å²) < 4.78 is 0. The number of nitrogens with zero attached hydrogens (tertiary/aromatic N) is 2. The van der Waals surface area contributed by atoms with Crippen LogP contribution in [0.5, 0.6) is 0 Å². The van der Waals surface area contributed by atoms with E-state index in [2.05, 4.69) is 103 Å². The van der Waals surface area contributed by atoms with Gasteiger partial charge in [0, 0.05) is 65.6 Å². The molecule has 11 saturated carbocycles. The van der Waals surface area contributed by atoms with Crippen LogP contribution in [0.2, 0.25) is 0 Å². The van der Waals surface area contributed by atoms with Crippen molar-refractivity contribution in [2.45, 2.75) is 236 Å². The Balaban J connectivity index is 0.000000113. The topological polar surface area (TPSA) is 162 Å². The fourth-order valence-electron chi connectivity index (χ4n) is 25.7. The zero-order valence-electron chi connectivity index (χ0n) is 60.8. The fourth-order valence-corrected chi connectivity index (χ4v) is 26.1. The van der Waals surface area contributed by atoms with Gasteiger partial charge in [0.2, 0.25) is 11.4 Å². The van der Waals surface area contributed by atoms with E-state index >= 15 is 0 Å². The van der Waals surface area contributed by atoms with Crippen LogP contribution in [0.3, 0.4) is 0 Å². The van der Waals surface area contributed by atoms with Crippen molar-refractivity contribution in [3.8, 4) is 0 Å². The van der Waals surface area contributed by atoms with Gasteiger partial charge in [-0.15, -0.1) is 0 Å². The molecular formula is C87H104Cl2N2O9. The van der Waals surface area contributed by atoms with Gasteiger partial charge in [0.05, 0.1) is 23.2 Å². The zero-order valence-corrected chi connectivity index (χ0v) is 62.3. The molecule has 17 aliphatic carbocycles. The summed E-state index contributed by atoms with van der Waals surface area (Å²) in [5, 5.41) is -1.01. The lowest BCUT2D eigenvalue weighted by Gasteiger charge is -2.57. The van der Waals surface area contributed by atoms with Crippen molar-refractivity contribution in [2.24, 2.45) is 114 Å². The van der Waals surface area contributed by atoms with Gasteiger partial charge in [-0.2, -0.15) is 0 Å². The van der Waals surface area contributed by atoms with Crippen LogP contribution in [-0.4, -0.2) is 52.0 Å². The lowest BCUT2D eigenvalue weighted by molar-refractivity contribution is -0.133. The summed E-state index contributed by atoms with van der Waals surface area (Å²) in [5.74, 6) is 8.57. The first-order valence-corrected chi connectivity index (χ1v) is 38.9. The van der Waals surface area contributed by atoms with Crippen LogP contribution < -0.4 is 0 Å². The first-order valence-electron chi connectivity index (χ1n) is 38.1. The molecule has 100 heavy (non-hydrogen) atoms. The van der Waals surface area contributed by atoms with E-state index < -0.39 is 33.0 Å². The summed E-state index contributed by atoms with van der Waals surface area (Å²) in [6.45, 7) is 42.6. The van der Waals surface area contributed by atoms with Gasteiger partial charge in [-0.05, 0) is 270 Å². The van der Waals surface area contributed by atoms with Crippen molar-refractivity contribution in [3.63, 3.8) is 0 Å². The minimum atomic E-state index is -0.878. The quantitative estimate of drug-likeness (QED) is 0.170. The van der Waals surface area contributed by atoms with Crippen molar-refractivity contribution in [1.82, 2.24) is 0 Å². The molecule has 0 spiro atoms. The Bertz CT molecular complexity index is 3990. The molecular weight excluding hydrogens is 1290 g/mol. The molecule has 17 aliphatic rings. The summed E-state index contributed by atoms with van der Waals surface area (Å²) in [4.78, 5) is 113. The molecule has 0 heterocycles. The molecule has 0 radical (unpaired) electrons. The van der Waals surface area contributed by atoms with E-state index in [-0.39, 0.29) is 49.5 Å². The molecule has 13 heteroatoms. The predicted molar refractivity (Wildman–Crippen MR) is 389 cm³/mol. The number of Topliss-reactive ketones (excluding diaryl/α,β-unsaturated/α-hetero) is 6. The second kappa shape index (κ2) is 26.0. The van der Waals surface area contributed by atoms with Gasteiger partial charge in [-0.25, -0.2) is 9.69 Å². The Hall–Kier alpha value is -6.01. The van der Waals surface area contributed by atoms with Crippen molar-refractivity contribution in [1.29, 1.82) is 0 Å². The smallest absolute Gasteiger partial charge is 0.246 e. The second-order valence-corrected chi connectivity index (χ2v) is 36.7. The highest BCUT2D eigenvalue weighted by atomic mass is 35.5. The molecule has 20 atom stereocenters. The fraction of sp³-hybridized carbons (Fsp3) is 0.644. The summed E-state index contributed by atoms with van der Waals surface area (Å²) in [6.07, 6.45) is 42.4. The third-order valence-electron chi connectivity index (χ3n) is 31.7. The lowest BCUT2D eigenvalue weighted by Crippen LogP contribution is -2.51. The molecule has 0 bridgehead atoms. The number of halogens is 2. The number of hydrogen-bond acceptors (Lipinski definition) is 9. The third-order valence-corrected chi connectivity index (χ3v) is 32.5. The highest BCUT2D eigenvalue weighted by Crippen LogP contribution is 2.69. The first-order chi connectivity index (χ1) is 47.2. The molecule has 0 aliphatic heterocycles. The van der Waals surface area contributed by atoms with E-state index in [0.29, 0.717) is 99.9 Å². The maximum Gasteiger partial charge on any atom is 0.246 e. The molecule has 12 unspecified atom stereocenters. The van der Waals surface area contributed by atoms with Gasteiger partial charge in [0.25, 0.3) is 0 Å². The summed E-state index contributed by atoms with van der Waals surface area (Å²) in [7, 11) is 0. The predicted octanol–water partition coefficient (Wildman–Crippen LogP) is 19.3. The number of allylic oxidation sites excluding steroid dienone is 14. The number of rotatable bonds is 0. The highest BCUT2D eigenvalue weighted by molar-refractivity contribution is 6.59. The van der Waals surface area contributed by atoms with Crippen LogP contribution in [0.1, 0.15) is 236 Å². The van der Waals surface area contributed by atoms with Crippen LogP contribution in [-0.2, 0) is 43.2 Å². The van der Waals surface area contributed by atoms with Crippen LogP contribution in [0.25, 0.3) is 9.69 Å². The van der Waals surface area contributed by atoms with Gasteiger partial charge in [-0.1, -0.05) is 132 Å². The van der Waals surface area contributed by atoms with Crippen molar-refractivity contribution >= 4 is 75.3 Å². The van der Waals surface area contributed by atoms with Gasteiger partial charge in [0.1, 0.15) is 23.1 Å². The lowest BCUT2D eigenvalue weighted by atomic mass is 9.47. The van der Waals surface area contributed by atoms with Gasteiger partial charge in [0.15, 0.2) is 28.9 Å². The van der Waals surface area contributed by atoms with Gasteiger partial charge < -0.3 is 9.59 Å². The van der Waals surface area contributed by atoms with Crippen molar-refractivity contribution in [2.75, 3.05) is 0 Å². The summed E-state index contributed by atoms with van der Waals surface area (Å²) in [6, 6.07) is 0. The average molecular weight is 1390 g/mol. The van der Waals surface area contributed by atoms with Crippen LogP contribution in [0.4, 0.5) is 0 Å². The van der Waals surface area contributed by atoms with Gasteiger partial charge in [-0.3, -0.25) is 33.6 Å². The highest BCUT2D eigenvalue weighted by Gasteiger charge is 2.64. The Kier molecular flexibility index (Phi) is 18.8. The maximum atomic E-state index is 12.4. The third kappa shape index (κ3) is 11.3. The minimum absolute atomic E-state index is 0.0172. The molecule has 0 N–H and O–H groups in total. The number of fused-ring (bicyclic) bond motifs is 20. The largest absolute Gasteiger partial charge is 0.303 e. The zero-order chi connectivity index (χ0) is 71.9. The molecule has 17 rings (SSSR count). The Morgan fingerprint density at radius 1 is 0.420 bits per heavy atom. The van der Waals surface area contributed by atoms with Crippen LogP contribution in [0.15, 0.2) is 116 Å². The Labute approximate surface area is 603 Å². The number of carbonyl (C=O) groups is 9. The molecule has 0 amide bonds. The molecule has 11 fully saturated rings. The molecule has 0 aromatic rings. The monoisotopic (exact) mass is 1390 g/mol. The molecule has 11 nitrogen and oxygen atoms in total. The maximum absolute atomic E-state index is 12.4. The average Bonchev–Trinajstić information content (AvgIpc) is 1.33. The second-order valence-electron chi connectivity index (χ2n) is 35.9. The first kappa shape index (κ1) is 72.3. The van der Waals surface area contributed by atoms with Gasteiger partial charge >= 0.3 is 0 Å². The number of ketones is 9. The Morgan fingerprint density at radius 2 is 0.830 bits per heavy atom. The van der Waals surface area contributed by atoms with E-state index in [0.717, 1.165) is 151 Å². The van der Waals surface area contributed by atoms with Crippen LogP contribution in [0, 0.1) is 127 Å². The van der Waals surface area contributed by atoms with E-state index in [1.54, 1.807) is 23.3 Å². The van der Waals surface area contributed by atoms with Crippen molar-refractivity contribution in [3.05, 3.63) is 139 Å². The van der Waals surface area contributed by atoms with E-state index in [9.17, 15) is 43.2 Å². The molecule has 530 valence electrons. The SMILES string of the molecule is C=C1CC2C(CC[C@]3(C)C(=O)CCC23)[C@@]2(C)C=CC(=O)C=C12.C=C1CC2C(CC[C@]3(C)C(=O)CCC23)[C@@]2(C)CCC(=O)C=C12.CC1=CC2=CCC3C(CC[C@]4(C)C(=O)CCC34)[C@@]2(C)CC1.C[C@]12CCC(=O)C=C1CCC1C2CC[C@]2(C)C(=O)CCC12.[C-]#[N+]C1=C([N+]#[C-])C(=O)C(Cl)=C(Cl)C1=O. The van der Waals surface area contributed by atoms with E-state index in [1.165, 1.54) is 55.2 Å². The molecule has 0 saturated heterocycles. The van der Waals surface area contributed by atoms with Crippen LogP contribution >= 0.6 is 23.2 Å². The molecule has 0 aromatic carbocycles. The summed E-state index contributed by atoms with van der Waals surface area (Å²) in [5.41, 5.74) is 8.59. The summed E-state index contributed by atoms with van der Waals surface area (Å²) >= 11 is 10.8. The standard InChI is InChI=1S/C20H26O2.C20H24O2.C20H28O.C19H26O2.C8Cl2N2O2/c2*1-12-10-14-15-4-5-18(22)20(15,3)9-7-16(14)19(2)8-6-13(21)11-17(12)19;1-13-8-10-19(2)14(12-13)4-5-15-16-6-7-18(21)20(16,3)11-9-17(15)19;1-18-9-7-13(20)11-12(18)3-4-14-15-5-6-17(21)19(15,2)10-8-16(14)18;1-11-5-6(12-2)8(14)4(10)3(9)7(5)13/h11,14-16H,1,4-10H2,2-3H3;6,8,11,14-16H,1,4-5,7,9-10H2,2-3H3;4,12,15-17H,5-11H2,1-3H3;11,14-16H,3-10H2,1-2H3;/t2*14?,15?,16?,19-,20+;15?,16?,17?,19-,20-;14?,15?,16?,18-,19-;/m1100./s1.